The van der Waals surface area contributed by atoms with Crippen LogP contribution in [0.3, 0.4) is 0 Å². The average molecular weight is 262 g/mol. The Morgan fingerprint density at radius 1 is 1.42 bits per heavy atom. The van der Waals surface area contributed by atoms with E-state index in [4.69, 9.17) is 5.11 Å². The Balaban J connectivity index is 2.44. The summed E-state index contributed by atoms with van der Waals surface area (Å²) in [6.45, 7) is 4.63. The fourth-order valence-electron chi connectivity index (χ4n) is 1.99. The zero-order chi connectivity index (χ0) is 14.0. The van der Waals surface area contributed by atoms with E-state index in [1.54, 1.807) is 10.9 Å². The van der Waals surface area contributed by atoms with Crippen molar-refractivity contribution in [3.8, 4) is 11.1 Å². The fraction of sp³-hybridized carbons (Fsp3) is 0.286. The second-order valence-corrected chi connectivity index (χ2v) is 4.39. The van der Waals surface area contributed by atoms with Gasteiger partial charge in [-0.25, -0.2) is 9.18 Å². The molecule has 1 aromatic carbocycles. The quantitative estimate of drug-likeness (QED) is 0.921. The molecule has 2 rings (SSSR count). The smallest absolute Gasteiger partial charge is 0.335 e. The average Bonchev–Trinajstić information content (AvgIpc) is 2.70. The van der Waals surface area contributed by atoms with E-state index in [1.165, 1.54) is 12.1 Å². The lowest BCUT2D eigenvalue weighted by molar-refractivity contribution is 0.0696. The summed E-state index contributed by atoms with van der Waals surface area (Å²) in [6, 6.07) is 3.92. The molecular weight excluding hydrogens is 247 g/mol. The molecule has 1 N–H and O–H groups in total. The van der Waals surface area contributed by atoms with Crippen LogP contribution >= 0.6 is 0 Å². The Hall–Kier alpha value is -2.17. The van der Waals surface area contributed by atoms with Gasteiger partial charge in [0.2, 0.25) is 0 Å². The molecule has 0 fully saturated rings. The molecule has 0 amide bonds. The lowest BCUT2D eigenvalue weighted by Gasteiger charge is -2.02. The van der Waals surface area contributed by atoms with Gasteiger partial charge in [0.15, 0.2) is 0 Å². The number of hydrogen-bond donors (Lipinski definition) is 1. The van der Waals surface area contributed by atoms with Crippen LogP contribution in [-0.4, -0.2) is 20.9 Å². The van der Waals surface area contributed by atoms with Gasteiger partial charge in [-0.3, -0.25) is 4.68 Å². The van der Waals surface area contributed by atoms with Crippen LogP contribution in [-0.2, 0) is 6.54 Å². The summed E-state index contributed by atoms with van der Waals surface area (Å²) in [7, 11) is 0. The lowest BCUT2D eigenvalue weighted by Crippen LogP contribution is -1.97. The molecule has 0 bridgehead atoms. The molecule has 1 aromatic heterocycles. The minimum Gasteiger partial charge on any atom is -0.478 e. The number of carboxylic acids is 1. The van der Waals surface area contributed by atoms with Crippen LogP contribution in [0.1, 0.15) is 29.4 Å². The van der Waals surface area contributed by atoms with Gasteiger partial charge >= 0.3 is 5.97 Å². The first-order chi connectivity index (χ1) is 9.02. The van der Waals surface area contributed by atoms with Gasteiger partial charge in [0, 0.05) is 23.9 Å². The highest BCUT2D eigenvalue weighted by molar-refractivity contribution is 5.88. The number of hydrogen-bond acceptors (Lipinski definition) is 2. The van der Waals surface area contributed by atoms with Crippen LogP contribution in [0.25, 0.3) is 11.1 Å². The van der Waals surface area contributed by atoms with Crippen molar-refractivity contribution in [2.75, 3.05) is 0 Å². The third kappa shape index (κ3) is 2.65. The van der Waals surface area contributed by atoms with Crippen LogP contribution in [0.4, 0.5) is 4.39 Å². The van der Waals surface area contributed by atoms with Crippen LogP contribution in [0, 0.1) is 12.7 Å². The first-order valence-corrected chi connectivity index (χ1v) is 6.10. The molecule has 4 nitrogen and oxygen atoms in total. The number of nitrogens with zero attached hydrogens (tertiary/aromatic N) is 2. The van der Waals surface area contributed by atoms with Gasteiger partial charge < -0.3 is 5.11 Å². The Labute approximate surface area is 110 Å². The Morgan fingerprint density at radius 3 is 2.74 bits per heavy atom. The number of rotatable bonds is 4. The molecule has 0 atom stereocenters. The van der Waals surface area contributed by atoms with Crippen molar-refractivity contribution < 1.29 is 14.3 Å². The normalized spacial score (nSPS) is 10.7. The molecule has 0 aliphatic carbocycles. The zero-order valence-electron chi connectivity index (χ0n) is 10.9. The third-order valence-electron chi connectivity index (χ3n) is 2.91. The van der Waals surface area contributed by atoms with E-state index in [0.717, 1.165) is 24.7 Å². The molecule has 100 valence electrons. The molecule has 19 heavy (non-hydrogen) atoms. The van der Waals surface area contributed by atoms with Crippen molar-refractivity contribution >= 4 is 5.97 Å². The molecule has 1 heterocycles. The maximum absolute atomic E-state index is 14.0. The van der Waals surface area contributed by atoms with E-state index in [9.17, 15) is 9.18 Å². The Bertz CT molecular complexity index is 620. The number of carbonyl (C=O) groups is 1. The summed E-state index contributed by atoms with van der Waals surface area (Å²) < 4.78 is 15.7. The van der Waals surface area contributed by atoms with E-state index in [2.05, 4.69) is 5.10 Å². The molecule has 0 unspecified atom stereocenters. The van der Waals surface area contributed by atoms with Crippen LogP contribution in [0.2, 0.25) is 0 Å². The van der Waals surface area contributed by atoms with Gasteiger partial charge in [0.1, 0.15) is 5.82 Å². The van der Waals surface area contributed by atoms with Crippen molar-refractivity contribution in [2.24, 2.45) is 0 Å². The standard InChI is InChI=1S/C14H15FN2O2/c1-3-6-17-8-12(9(2)16-17)11-5-4-10(14(18)19)7-13(11)15/h4-5,7-8H,3,6H2,1-2H3,(H,18,19). The SMILES string of the molecule is CCCn1cc(-c2ccc(C(=O)O)cc2F)c(C)n1. The fourth-order valence-corrected chi connectivity index (χ4v) is 1.99. The van der Waals surface area contributed by atoms with E-state index < -0.39 is 11.8 Å². The highest BCUT2D eigenvalue weighted by Crippen LogP contribution is 2.26. The maximum Gasteiger partial charge on any atom is 0.335 e. The molecule has 0 saturated carbocycles. The number of aromatic nitrogens is 2. The van der Waals surface area contributed by atoms with Gasteiger partial charge in [-0.15, -0.1) is 0 Å². The number of carboxylic acid groups (broad SMARTS) is 1. The van der Waals surface area contributed by atoms with E-state index in [1.807, 2.05) is 13.8 Å². The van der Waals surface area contributed by atoms with Gasteiger partial charge in [-0.05, 0) is 25.5 Å². The molecular formula is C14H15FN2O2. The third-order valence-corrected chi connectivity index (χ3v) is 2.91. The van der Waals surface area contributed by atoms with E-state index >= 15 is 0 Å². The van der Waals surface area contributed by atoms with Gasteiger partial charge in [-0.2, -0.15) is 5.10 Å². The van der Waals surface area contributed by atoms with Crippen molar-refractivity contribution in [2.45, 2.75) is 26.8 Å². The van der Waals surface area contributed by atoms with Gasteiger partial charge in [0.05, 0.1) is 11.3 Å². The summed E-state index contributed by atoms with van der Waals surface area (Å²) >= 11 is 0. The van der Waals surface area contributed by atoms with Gasteiger partial charge in [-0.1, -0.05) is 13.0 Å². The number of benzene rings is 1. The van der Waals surface area contributed by atoms with Gasteiger partial charge in [0.25, 0.3) is 0 Å². The first-order valence-electron chi connectivity index (χ1n) is 6.10. The predicted octanol–water partition coefficient (Wildman–Crippen LogP) is 3.11. The molecule has 0 aliphatic heterocycles. The van der Waals surface area contributed by atoms with Crippen molar-refractivity contribution in [1.29, 1.82) is 0 Å². The predicted molar refractivity (Wildman–Crippen MR) is 69.6 cm³/mol. The van der Waals surface area contributed by atoms with Crippen molar-refractivity contribution in [3.05, 3.63) is 41.5 Å². The monoisotopic (exact) mass is 262 g/mol. The molecule has 0 radical (unpaired) electrons. The molecule has 0 saturated heterocycles. The largest absolute Gasteiger partial charge is 0.478 e. The maximum atomic E-state index is 14.0. The van der Waals surface area contributed by atoms with Crippen molar-refractivity contribution in [1.82, 2.24) is 9.78 Å². The highest BCUT2D eigenvalue weighted by atomic mass is 19.1. The summed E-state index contributed by atoms with van der Waals surface area (Å²) in [5, 5.41) is 13.1. The second kappa shape index (κ2) is 5.22. The van der Waals surface area contributed by atoms with Crippen molar-refractivity contribution in [3.63, 3.8) is 0 Å². The molecule has 0 aliphatic rings. The minimum atomic E-state index is -1.14. The van der Waals surface area contributed by atoms with E-state index in [0.29, 0.717) is 11.1 Å². The number of aromatic carboxylic acids is 1. The minimum absolute atomic E-state index is 0.0557. The highest BCUT2D eigenvalue weighted by Gasteiger charge is 2.14. The van der Waals surface area contributed by atoms with Crippen LogP contribution < -0.4 is 0 Å². The number of aryl methyl sites for hydroxylation is 2. The summed E-state index contributed by atoms with van der Waals surface area (Å²) in [5.74, 6) is -1.68. The van der Waals surface area contributed by atoms with Crippen LogP contribution in [0.5, 0.6) is 0 Å². The topological polar surface area (TPSA) is 55.1 Å². The molecule has 2 aromatic rings. The summed E-state index contributed by atoms with van der Waals surface area (Å²) in [6.07, 6.45) is 2.73. The molecule has 5 heteroatoms. The Morgan fingerprint density at radius 2 is 2.16 bits per heavy atom. The lowest BCUT2D eigenvalue weighted by atomic mass is 10.0. The Kier molecular flexibility index (Phi) is 3.64. The number of halogens is 1. The second-order valence-electron chi connectivity index (χ2n) is 4.39. The zero-order valence-corrected chi connectivity index (χ0v) is 10.9. The first kappa shape index (κ1) is 13.3. The summed E-state index contributed by atoms with van der Waals surface area (Å²) in [5.41, 5.74) is 1.75. The molecule has 0 spiro atoms. The van der Waals surface area contributed by atoms with E-state index in [-0.39, 0.29) is 5.56 Å². The summed E-state index contributed by atoms with van der Waals surface area (Å²) in [4.78, 5) is 10.8. The van der Waals surface area contributed by atoms with Crippen LogP contribution in [0.15, 0.2) is 24.4 Å².